The maximum atomic E-state index is 9.86. The molecule has 3 heteroatoms. The molecule has 0 radical (unpaired) electrons. The summed E-state index contributed by atoms with van der Waals surface area (Å²) in [4.78, 5) is 0. The number of allylic oxidation sites excluding steroid dienone is 1. The minimum absolute atomic E-state index is 0.295. The molecule has 0 saturated heterocycles. The number of hydrogen-bond donors (Lipinski definition) is 1. The fourth-order valence-corrected chi connectivity index (χ4v) is 2.69. The van der Waals surface area contributed by atoms with Crippen LogP contribution in [0.4, 0.5) is 0 Å². The van der Waals surface area contributed by atoms with Gasteiger partial charge >= 0.3 is 0 Å². The molecule has 1 aromatic rings. The summed E-state index contributed by atoms with van der Waals surface area (Å²) in [7, 11) is 0. The van der Waals surface area contributed by atoms with Crippen LogP contribution in [0.3, 0.4) is 0 Å². The Bertz CT molecular complexity index is 296. The van der Waals surface area contributed by atoms with Crippen molar-refractivity contribution >= 4 is 27.3 Å². The second-order valence-electron chi connectivity index (χ2n) is 3.63. The maximum Gasteiger partial charge on any atom is 0.0798 e. The first-order valence-corrected chi connectivity index (χ1v) is 6.94. The summed E-state index contributed by atoms with van der Waals surface area (Å²) in [6, 6.07) is 2.00. The summed E-state index contributed by atoms with van der Waals surface area (Å²) in [5.41, 5.74) is 1.04. The van der Waals surface area contributed by atoms with Crippen LogP contribution in [-0.4, -0.2) is 5.11 Å². The predicted molar refractivity (Wildman–Crippen MR) is 70.3 cm³/mol. The average molecular weight is 289 g/mol. The monoisotopic (exact) mass is 288 g/mol. The van der Waals surface area contributed by atoms with Crippen LogP contribution in [-0.2, 0) is 0 Å². The number of unbranched alkanes of at least 4 members (excludes halogenated alkanes) is 3. The van der Waals surface area contributed by atoms with Gasteiger partial charge in [0.05, 0.1) is 9.89 Å². The first-order chi connectivity index (χ1) is 7.24. The van der Waals surface area contributed by atoms with Crippen LogP contribution in [0.2, 0.25) is 0 Å². The second kappa shape index (κ2) is 7.20. The highest BCUT2D eigenvalue weighted by molar-refractivity contribution is 9.11. The van der Waals surface area contributed by atoms with Crippen LogP contribution in [0, 0.1) is 0 Å². The van der Waals surface area contributed by atoms with Crippen molar-refractivity contribution in [3.8, 4) is 0 Å². The molecule has 0 fully saturated rings. The average Bonchev–Trinajstić information content (AvgIpc) is 2.64. The van der Waals surface area contributed by atoms with Gasteiger partial charge in [0.15, 0.2) is 0 Å². The van der Waals surface area contributed by atoms with Crippen molar-refractivity contribution in [1.82, 2.24) is 0 Å². The zero-order valence-corrected chi connectivity index (χ0v) is 11.2. The van der Waals surface area contributed by atoms with Gasteiger partial charge < -0.3 is 5.11 Å². The Balaban J connectivity index is 2.18. The number of rotatable bonds is 7. The first-order valence-electron chi connectivity index (χ1n) is 5.27. The summed E-state index contributed by atoms with van der Waals surface area (Å²) >= 11 is 5.02. The molecule has 0 amide bonds. The summed E-state index contributed by atoms with van der Waals surface area (Å²) < 4.78 is 1.09. The molecule has 1 unspecified atom stereocenters. The van der Waals surface area contributed by atoms with Gasteiger partial charge in [-0.15, -0.1) is 17.9 Å². The molecule has 1 rings (SSSR count). The third kappa shape index (κ3) is 4.96. The largest absolute Gasteiger partial charge is 0.388 e. The van der Waals surface area contributed by atoms with E-state index in [1.165, 1.54) is 12.8 Å². The van der Waals surface area contributed by atoms with Crippen LogP contribution < -0.4 is 0 Å². The molecule has 1 atom stereocenters. The summed E-state index contributed by atoms with van der Waals surface area (Å²) in [5.74, 6) is 0. The van der Waals surface area contributed by atoms with Crippen molar-refractivity contribution in [3.63, 3.8) is 0 Å². The van der Waals surface area contributed by atoms with Crippen molar-refractivity contribution in [2.45, 2.75) is 38.2 Å². The molecule has 0 aliphatic heterocycles. The number of aliphatic hydroxyl groups excluding tert-OH is 1. The minimum atomic E-state index is -0.295. The molecule has 1 N–H and O–H groups in total. The third-order valence-corrected chi connectivity index (χ3v) is 3.88. The van der Waals surface area contributed by atoms with Gasteiger partial charge in [-0.3, -0.25) is 0 Å². The van der Waals surface area contributed by atoms with E-state index in [9.17, 15) is 5.11 Å². The lowest BCUT2D eigenvalue weighted by molar-refractivity contribution is 0.164. The SMILES string of the molecule is C=CCCCCCC(O)c1csc(Br)c1. The van der Waals surface area contributed by atoms with Crippen molar-refractivity contribution < 1.29 is 5.11 Å². The number of aliphatic hydroxyl groups is 1. The standard InChI is InChI=1S/C12H17BrOS/c1-2-3-4-5-6-7-11(14)10-8-12(13)15-9-10/h2,8-9,11,14H,1,3-7H2. The third-order valence-electron chi connectivity index (χ3n) is 2.36. The van der Waals surface area contributed by atoms with Crippen LogP contribution in [0.15, 0.2) is 27.9 Å². The highest BCUT2D eigenvalue weighted by Crippen LogP contribution is 2.28. The highest BCUT2D eigenvalue weighted by Gasteiger charge is 2.08. The van der Waals surface area contributed by atoms with Gasteiger partial charge in [-0.1, -0.05) is 18.9 Å². The Morgan fingerprint density at radius 1 is 1.47 bits per heavy atom. The fourth-order valence-electron chi connectivity index (χ4n) is 1.47. The van der Waals surface area contributed by atoms with E-state index in [2.05, 4.69) is 22.5 Å². The fraction of sp³-hybridized carbons (Fsp3) is 0.500. The molecule has 0 aromatic carbocycles. The van der Waals surface area contributed by atoms with E-state index < -0.39 is 0 Å². The zero-order valence-electron chi connectivity index (χ0n) is 8.79. The van der Waals surface area contributed by atoms with Gasteiger partial charge in [0.25, 0.3) is 0 Å². The second-order valence-corrected chi connectivity index (χ2v) is 5.92. The van der Waals surface area contributed by atoms with Gasteiger partial charge in [0, 0.05) is 0 Å². The van der Waals surface area contributed by atoms with Gasteiger partial charge in [-0.25, -0.2) is 0 Å². The molecule has 1 heterocycles. The van der Waals surface area contributed by atoms with Gasteiger partial charge in [-0.2, -0.15) is 0 Å². The number of hydrogen-bond acceptors (Lipinski definition) is 2. The van der Waals surface area contributed by atoms with E-state index in [1.807, 2.05) is 17.5 Å². The lowest BCUT2D eigenvalue weighted by Crippen LogP contribution is -1.95. The Morgan fingerprint density at radius 3 is 2.87 bits per heavy atom. The quantitative estimate of drug-likeness (QED) is 0.570. The normalized spacial score (nSPS) is 12.7. The molecule has 0 aliphatic carbocycles. The molecular weight excluding hydrogens is 272 g/mol. The topological polar surface area (TPSA) is 20.2 Å². The molecule has 1 nitrogen and oxygen atoms in total. The molecule has 0 saturated carbocycles. The summed E-state index contributed by atoms with van der Waals surface area (Å²) in [5, 5.41) is 11.9. The van der Waals surface area contributed by atoms with Gasteiger partial charge in [0.2, 0.25) is 0 Å². The van der Waals surface area contributed by atoms with Crippen LogP contribution >= 0.6 is 27.3 Å². The lowest BCUT2D eigenvalue weighted by Gasteiger charge is -2.07. The Labute approximate surface area is 104 Å². The van der Waals surface area contributed by atoms with E-state index >= 15 is 0 Å². The molecule has 0 aliphatic rings. The van der Waals surface area contributed by atoms with Crippen molar-refractivity contribution in [2.75, 3.05) is 0 Å². The molecule has 0 spiro atoms. The number of thiophene rings is 1. The lowest BCUT2D eigenvalue weighted by atomic mass is 10.1. The molecule has 1 aromatic heterocycles. The Morgan fingerprint density at radius 2 is 2.27 bits per heavy atom. The number of halogens is 1. The molecular formula is C12H17BrOS. The van der Waals surface area contributed by atoms with Crippen LogP contribution in [0.25, 0.3) is 0 Å². The minimum Gasteiger partial charge on any atom is -0.388 e. The van der Waals surface area contributed by atoms with Crippen molar-refractivity contribution in [1.29, 1.82) is 0 Å². The van der Waals surface area contributed by atoms with Gasteiger partial charge in [0.1, 0.15) is 0 Å². The first kappa shape index (κ1) is 12.9. The zero-order chi connectivity index (χ0) is 11.1. The highest BCUT2D eigenvalue weighted by atomic mass is 79.9. The van der Waals surface area contributed by atoms with E-state index in [-0.39, 0.29) is 6.10 Å². The van der Waals surface area contributed by atoms with E-state index in [1.54, 1.807) is 11.3 Å². The van der Waals surface area contributed by atoms with Crippen LogP contribution in [0.1, 0.15) is 43.8 Å². The van der Waals surface area contributed by atoms with E-state index in [4.69, 9.17) is 0 Å². The predicted octanol–water partition coefficient (Wildman–Crippen LogP) is 4.68. The Kier molecular flexibility index (Phi) is 6.22. The van der Waals surface area contributed by atoms with Gasteiger partial charge in [-0.05, 0) is 52.2 Å². The van der Waals surface area contributed by atoms with Crippen LogP contribution in [0.5, 0.6) is 0 Å². The smallest absolute Gasteiger partial charge is 0.0798 e. The summed E-state index contributed by atoms with van der Waals surface area (Å²) in [6.45, 7) is 3.69. The maximum absolute atomic E-state index is 9.86. The molecule has 15 heavy (non-hydrogen) atoms. The van der Waals surface area contributed by atoms with E-state index in [0.29, 0.717) is 0 Å². The van der Waals surface area contributed by atoms with Crippen molar-refractivity contribution in [3.05, 3.63) is 33.5 Å². The van der Waals surface area contributed by atoms with Crippen molar-refractivity contribution in [2.24, 2.45) is 0 Å². The summed E-state index contributed by atoms with van der Waals surface area (Å²) in [6.07, 6.45) is 7.05. The van der Waals surface area contributed by atoms with E-state index in [0.717, 1.165) is 28.6 Å². The molecule has 84 valence electrons. The molecule has 0 bridgehead atoms. The Hall–Kier alpha value is -0.120.